The zero-order valence-electron chi connectivity index (χ0n) is 6.28. The molecule has 0 aromatic carbocycles. The number of methoxy groups -OCH3 is 1. The predicted octanol–water partition coefficient (Wildman–Crippen LogP) is -0.0464. The van der Waals surface area contributed by atoms with Gasteiger partial charge in [-0.05, 0) is 6.42 Å². The molecule has 0 saturated heterocycles. The Morgan fingerprint density at radius 2 is 2.18 bits per heavy atom. The molecule has 0 aliphatic carbocycles. The fourth-order valence-corrected chi connectivity index (χ4v) is 0.640. The van der Waals surface area contributed by atoms with Crippen molar-refractivity contribution >= 4 is 18.5 Å². The first-order valence-electron chi connectivity index (χ1n) is 3.23. The molecule has 0 spiro atoms. The molecule has 0 radical (unpaired) electrons. The number of rotatable bonds is 5. The van der Waals surface area contributed by atoms with Gasteiger partial charge in [-0.3, -0.25) is 4.79 Å². The molecule has 1 atom stereocenters. The standard InChI is InChI=1S/C7H10O4/c1-11-7(10)6(5-9)3-2-4-8/h4-6H,2-3H2,1H3. The van der Waals surface area contributed by atoms with E-state index in [-0.39, 0.29) is 12.8 Å². The monoisotopic (exact) mass is 158 g/mol. The zero-order valence-corrected chi connectivity index (χ0v) is 6.28. The van der Waals surface area contributed by atoms with Gasteiger partial charge in [0.05, 0.1) is 7.11 Å². The van der Waals surface area contributed by atoms with Crippen LogP contribution in [0.2, 0.25) is 0 Å². The number of carbonyl (C=O) groups is 3. The van der Waals surface area contributed by atoms with Gasteiger partial charge in [0, 0.05) is 6.42 Å². The van der Waals surface area contributed by atoms with Crippen molar-refractivity contribution in [2.45, 2.75) is 12.8 Å². The Morgan fingerprint density at radius 3 is 2.55 bits per heavy atom. The van der Waals surface area contributed by atoms with Crippen LogP contribution in [0.1, 0.15) is 12.8 Å². The van der Waals surface area contributed by atoms with Crippen LogP contribution >= 0.6 is 0 Å². The molecule has 4 heteroatoms. The van der Waals surface area contributed by atoms with Gasteiger partial charge < -0.3 is 14.3 Å². The lowest BCUT2D eigenvalue weighted by Crippen LogP contribution is -2.17. The topological polar surface area (TPSA) is 60.4 Å². The lowest BCUT2D eigenvalue weighted by atomic mass is 10.1. The normalized spacial score (nSPS) is 11.7. The second kappa shape index (κ2) is 5.58. The molecular formula is C7H10O4. The Labute approximate surface area is 64.5 Å². The molecule has 0 rings (SSSR count). The molecule has 0 aliphatic heterocycles. The highest BCUT2D eigenvalue weighted by atomic mass is 16.5. The van der Waals surface area contributed by atoms with E-state index in [9.17, 15) is 14.4 Å². The van der Waals surface area contributed by atoms with E-state index in [1.54, 1.807) is 0 Å². The highest BCUT2D eigenvalue weighted by Gasteiger charge is 2.16. The molecule has 0 aromatic rings. The summed E-state index contributed by atoms with van der Waals surface area (Å²) in [6, 6.07) is 0. The molecule has 0 heterocycles. The van der Waals surface area contributed by atoms with Gasteiger partial charge in [0.15, 0.2) is 0 Å². The number of aldehydes is 2. The van der Waals surface area contributed by atoms with E-state index in [1.165, 1.54) is 7.11 Å². The van der Waals surface area contributed by atoms with Crippen LogP contribution in [0.4, 0.5) is 0 Å². The maximum absolute atomic E-state index is 10.7. The number of esters is 1. The Hall–Kier alpha value is -1.19. The Bertz CT molecular complexity index is 153. The van der Waals surface area contributed by atoms with Gasteiger partial charge in [0.25, 0.3) is 0 Å². The largest absolute Gasteiger partial charge is 0.468 e. The van der Waals surface area contributed by atoms with Gasteiger partial charge in [-0.15, -0.1) is 0 Å². The van der Waals surface area contributed by atoms with Crippen LogP contribution in [-0.4, -0.2) is 25.7 Å². The molecule has 0 N–H and O–H groups in total. The third-order valence-electron chi connectivity index (χ3n) is 1.26. The summed E-state index contributed by atoms with van der Waals surface area (Å²) in [7, 11) is 1.21. The maximum atomic E-state index is 10.7. The summed E-state index contributed by atoms with van der Waals surface area (Å²) in [5.74, 6) is -1.37. The van der Waals surface area contributed by atoms with E-state index in [1.807, 2.05) is 0 Å². The molecule has 0 aromatic heterocycles. The predicted molar refractivity (Wildman–Crippen MR) is 36.9 cm³/mol. The summed E-state index contributed by atoms with van der Waals surface area (Å²) in [4.78, 5) is 30.7. The van der Waals surface area contributed by atoms with Crippen molar-refractivity contribution in [1.29, 1.82) is 0 Å². The quantitative estimate of drug-likeness (QED) is 0.320. The van der Waals surface area contributed by atoms with Crippen molar-refractivity contribution in [3.8, 4) is 0 Å². The van der Waals surface area contributed by atoms with Crippen LogP contribution in [-0.2, 0) is 19.1 Å². The smallest absolute Gasteiger partial charge is 0.315 e. The summed E-state index contributed by atoms with van der Waals surface area (Å²) in [6.07, 6.45) is 1.60. The fraction of sp³-hybridized carbons (Fsp3) is 0.571. The Kier molecular flexibility index (Phi) is 4.98. The number of ether oxygens (including phenoxy) is 1. The average Bonchev–Trinajstić information content (AvgIpc) is 2.05. The molecule has 62 valence electrons. The number of carbonyl (C=O) groups excluding carboxylic acids is 3. The molecule has 1 unspecified atom stereocenters. The van der Waals surface area contributed by atoms with Crippen LogP contribution in [0.5, 0.6) is 0 Å². The minimum absolute atomic E-state index is 0.207. The fourth-order valence-electron chi connectivity index (χ4n) is 0.640. The van der Waals surface area contributed by atoms with Crippen LogP contribution in [0.25, 0.3) is 0 Å². The number of hydrogen-bond donors (Lipinski definition) is 0. The van der Waals surface area contributed by atoms with E-state index < -0.39 is 11.9 Å². The van der Waals surface area contributed by atoms with Crippen LogP contribution in [0, 0.1) is 5.92 Å². The Balaban J connectivity index is 3.83. The first-order chi connectivity index (χ1) is 5.26. The van der Waals surface area contributed by atoms with Crippen LogP contribution in [0.15, 0.2) is 0 Å². The van der Waals surface area contributed by atoms with Crippen molar-refractivity contribution in [3.63, 3.8) is 0 Å². The first kappa shape index (κ1) is 9.81. The van der Waals surface area contributed by atoms with Gasteiger partial charge in [-0.1, -0.05) is 0 Å². The highest BCUT2D eigenvalue weighted by molar-refractivity contribution is 5.87. The van der Waals surface area contributed by atoms with E-state index in [4.69, 9.17) is 0 Å². The van der Waals surface area contributed by atoms with Gasteiger partial charge in [-0.2, -0.15) is 0 Å². The van der Waals surface area contributed by atoms with Crippen molar-refractivity contribution in [2.24, 2.45) is 5.92 Å². The van der Waals surface area contributed by atoms with E-state index >= 15 is 0 Å². The van der Waals surface area contributed by atoms with Crippen molar-refractivity contribution < 1.29 is 19.1 Å². The van der Waals surface area contributed by atoms with E-state index in [0.29, 0.717) is 12.6 Å². The molecule has 4 nitrogen and oxygen atoms in total. The van der Waals surface area contributed by atoms with Crippen molar-refractivity contribution in [3.05, 3.63) is 0 Å². The van der Waals surface area contributed by atoms with Gasteiger partial charge in [0.1, 0.15) is 18.5 Å². The second-order valence-corrected chi connectivity index (χ2v) is 2.01. The van der Waals surface area contributed by atoms with E-state index in [2.05, 4.69) is 4.74 Å². The summed E-state index contributed by atoms with van der Waals surface area (Å²) < 4.78 is 4.31. The van der Waals surface area contributed by atoms with Crippen molar-refractivity contribution in [2.75, 3.05) is 7.11 Å². The van der Waals surface area contributed by atoms with Crippen LogP contribution < -0.4 is 0 Å². The molecule has 0 amide bonds. The summed E-state index contributed by atoms with van der Waals surface area (Å²) >= 11 is 0. The third kappa shape index (κ3) is 3.50. The van der Waals surface area contributed by atoms with Crippen LogP contribution in [0.3, 0.4) is 0 Å². The summed E-state index contributed by atoms with van der Waals surface area (Å²) in [5.41, 5.74) is 0. The van der Waals surface area contributed by atoms with Gasteiger partial charge in [-0.25, -0.2) is 0 Å². The highest BCUT2D eigenvalue weighted by Crippen LogP contribution is 2.03. The minimum Gasteiger partial charge on any atom is -0.468 e. The van der Waals surface area contributed by atoms with Gasteiger partial charge >= 0.3 is 5.97 Å². The maximum Gasteiger partial charge on any atom is 0.315 e. The second-order valence-electron chi connectivity index (χ2n) is 2.01. The van der Waals surface area contributed by atoms with Gasteiger partial charge in [0.2, 0.25) is 0 Å². The molecule has 0 aliphatic rings. The molecule has 0 saturated carbocycles. The van der Waals surface area contributed by atoms with Crippen molar-refractivity contribution in [1.82, 2.24) is 0 Å². The summed E-state index contributed by atoms with van der Waals surface area (Å²) in [6.45, 7) is 0. The molecule has 0 fully saturated rings. The minimum atomic E-state index is -0.787. The molecule has 0 bridgehead atoms. The SMILES string of the molecule is COC(=O)C(C=O)CCC=O. The first-order valence-corrected chi connectivity index (χ1v) is 3.23. The summed E-state index contributed by atoms with van der Waals surface area (Å²) in [5, 5.41) is 0. The van der Waals surface area contributed by atoms with E-state index in [0.717, 1.165) is 0 Å². The third-order valence-corrected chi connectivity index (χ3v) is 1.26. The Morgan fingerprint density at radius 1 is 1.55 bits per heavy atom. The number of hydrogen-bond acceptors (Lipinski definition) is 4. The molecular weight excluding hydrogens is 148 g/mol. The lowest BCUT2D eigenvalue weighted by Gasteiger charge is -2.03. The zero-order chi connectivity index (χ0) is 8.69. The average molecular weight is 158 g/mol. The molecule has 11 heavy (non-hydrogen) atoms. The lowest BCUT2D eigenvalue weighted by molar-refractivity contribution is -0.147.